The van der Waals surface area contributed by atoms with Gasteiger partial charge in [0.15, 0.2) is 0 Å². The highest BCUT2D eigenvalue weighted by Gasteiger charge is 2.71. The van der Waals surface area contributed by atoms with Crippen LogP contribution >= 0.6 is 12.2 Å². The minimum atomic E-state index is -5.67. The molecule has 3 nitrogen and oxygen atoms in total. The van der Waals surface area contributed by atoms with Crippen molar-refractivity contribution in [2.24, 2.45) is 0 Å². The van der Waals surface area contributed by atoms with Crippen molar-refractivity contribution in [3.05, 3.63) is 0 Å². The second kappa shape index (κ2) is 7.38. The molecule has 0 bridgehead atoms. The van der Waals surface area contributed by atoms with Crippen LogP contribution in [-0.4, -0.2) is 35.3 Å². The van der Waals surface area contributed by atoms with Crippen molar-refractivity contribution in [2.75, 3.05) is 13.1 Å². The average Bonchev–Trinajstić information content (AvgIpc) is 2.29. The van der Waals surface area contributed by atoms with Crippen LogP contribution in [0.15, 0.2) is 0 Å². The van der Waals surface area contributed by atoms with Crippen LogP contribution in [0.25, 0.3) is 0 Å². The van der Waals surface area contributed by atoms with Crippen LogP contribution in [0.5, 0.6) is 0 Å². The zero-order chi connectivity index (χ0) is 16.1. The van der Waals surface area contributed by atoms with E-state index in [0.717, 1.165) is 32.1 Å². The van der Waals surface area contributed by atoms with Gasteiger partial charge in [-0.15, -0.1) is 9.22 Å². The van der Waals surface area contributed by atoms with E-state index in [0.29, 0.717) is 25.3 Å². The second-order valence-electron chi connectivity index (χ2n) is 4.90. The topological polar surface area (TPSA) is 21.7 Å². The summed E-state index contributed by atoms with van der Waals surface area (Å²) in [5.41, 5.74) is 0. The Morgan fingerprint density at radius 3 is 1.81 bits per heavy atom. The molecule has 0 N–H and O–H groups in total. The molecule has 0 aromatic heterocycles. The highest BCUT2D eigenvalue weighted by atomic mass is 32.2. The maximum Gasteiger partial charge on any atom is 0.452 e. The largest absolute Gasteiger partial charge is 0.452 e. The smallest absolute Gasteiger partial charge is 0.224 e. The van der Waals surface area contributed by atoms with E-state index in [1.54, 1.807) is 0 Å². The third kappa shape index (κ3) is 5.19. The molecule has 0 aromatic carbocycles. The Morgan fingerprint density at radius 1 is 0.857 bits per heavy atom. The van der Waals surface area contributed by atoms with Crippen LogP contribution in [0.4, 0.5) is 26.3 Å². The van der Waals surface area contributed by atoms with Gasteiger partial charge in [-0.3, -0.25) is 0 Å². The first-order valence-electron chi connectivity index (χ1n) is 6.49. The van der Waals surface area contributed by atoms with Crippen LogP contribution in [0, 0.1) is 0 Å². The third-order valence-electron chi connectivity index (χ3n) is 3.01. The van der Waals surface area contributed by atoms with E-state index in [1.165, 1.54) is 4.31 Å². The Balaban J connectivity index is 2.45. The van der Waals surface area contributed by atoms with Gasteiger partial charge < -0.3 is 0 Å². The fraction of sp³-hybridized carbons (Fsp3) is 1.00. The van der Waals surface area contributed by atoms with Gasteiger partial charge in [-0.05, 0) is 12.8 Å². The van der Waals surface area contributed by atoms with E-state index in [4.69, 9.17) is 0 Å². The predicted octanol–water partition coefficient (Wildman–Crippen LogP) is 4.65. The van der Waals surface area contributed by atoms with Gasteiger partial charge in [0.2, 0.25) is 0 Å². The van der Waals surface area contributed by atoms with Crippen molar-refractivity contribution < 1.29 is 35.6 Å². The minimum Gasteiger partial charge on any atom is -0.224 e. The van der Waals surface area contributed by atoms with Crippen molar-refractivity contribution in [3.8, 4) is 0 Å². The van der Waals surface area contributed by atoms with Gasteiger partial charge in [-0.1, -0.05) is 19.3 Å². The number of nitrogens with zero attached hydrogens (tertiary/aromatic N) is 1. The van der Waals surface area contributed by atoms with E-state index >= 15 is 0 Å². The van der Waals surface area contributed by atoms with Gasteiger partial charge in [0.05, 0.1) is 0 Å². The van der Waals surface area contributed by atoms with Crippen molar-refractivity contribution in [1.82, 2.24) is 4.31 Å². The summed E-state index contributed by atoms with van der Waals surface area (Å²) in [7, 11) is 0. The maximum absolute atomic E-state index is 13.0. The Morgan fingerprint density at radius 2 is 1.33 bits per heavy atom. The lowest BCUT2D eigenvalue weighted by Gasteiger charge is -2.29. The van der Waals surface area contributed by atoms with Crippen LogP contribution in [0.3, 0.4) is 0 Å². The van der Waals surface area contributed by atoms with Gasteiger partial charge in [-0.25, -0.2) is 4.31 Å². The summed E-state index contributed by atoms with van der Waals surface area (Å²) in [5.74, 6) is -10.6. The molecule has 10 heteroatoms. The fourth-order valence-corrected chi connectivity index (χ4v) is 2.31. The minimum absolute atomic E-state index is 0.310. The summed E-state index contributed by atoms with van der Waals surface area (Å²) >= 11 is 0.326. The Labute approximate surface area is 123 Å². The van der Waals surface area contributed by atoms with Crippen LogP contribution in [0.2, 0.25) is 0 Å². The molecular weight excluding hydrogens is 324 g/mol. The van der Waals surface area contributed by atoms with Gasteiger partial charge >= 0.3 is 18.0 Å². The van der Waals surface area contributed by atoms with E-state index in [2.05, 4.69) is 9.22 Å². The highest BCUT2D eigenvalue weighted by molar-refractivity contribution is 7.92. The molecule has 1 heterocycles. The molecule has 1 saturated heterocycles. The number of hydrogen-bond donors (Lipinski definition) is 0. The first-order valence-corrected chi connectivity index (χ1v) is 7.18. The first kappa shape index (κ1) is 18.9. The van der Waals surface area contributed by atoms with Gasteiger partial charge in [0.25, 0.3) is 0 Å². The summed E-state index contributed by atoms with van der Waals surface area (Å²) in [6, 6.07) is 0. The summed E-state index contributed by atoms with van der Waals surface area (Å²) in [6.07, 6.45) is -0.818. The zero-order valence-corrected chi connectivity index (χ0v) is 12.2. The molecule has 0 atom stereocenters. The second-order valence-corrected chi connectivity index (χ2v) is 5.70. The molecule has 0 unspecified atom stereocenters. The SMILES string of the molecule is CC(F)(F)C(F)(F)C(F)(F)OOSN1CCCCCCC1. The summed E-state index contributed by atoms with van der Waals surface area (Å²) < 4.78 is 82.2. The molecule has 1 fully saturated rings. The van der Waals surface area contributed by atoms with Crippen molar-refractivity contribution >= 4 is 12.2 Å². The molecular formula is C11H17F6NO2S. The Bertz CT molecular complexity index is 318. The van der Waals surface area contributed by atoms with E-state index in [9.17, 15) is 26.3 Å². The Kier molecular flexibility index (Phi) is 6.63. The lowest BCUT2D eigenvalue weighted by Crippen LogP contribution is -2.53. The van der Waals surface area contributed by atoms with Crippen molar-refractivity contribution in [3.63, 3.8) is 0 Å². The van der Waals surface area contributed by atoms with E-state index < -0.39 is 18.0 Å². The highest BCUT2D eigenvalue weighted by Crippen LogP contribution is 2.46. The van der Waals surface area contributed by atoms with Crippen molar-refractivity contribution in [2.45, 2.75) is 57.0 Å². The summed E-state index contributed by atoms with van der Waals surface area (Å²) in [6.45, 7) is 0.718. The van der Waals surface area contributed by atoms with Gasteiger partial charge in [-0.2, -0.15) is 26.3 Å². The molecule has 0 aliphatic carbocycles. The average molecular weight is 341 g/mol. The van der Waals surface area contributed by atoms with E-state index in [-0.39, 0.29) is 6.92 Å². The number of alkyl halides is 6. The van der Waals surface area contributed by atoms with Crippen LogP contribution in [-0.2, 0) is 9.22 Å². The van der Waals surface area contributed by atoms with Crippen molar-refractivity contribution in [1.29, 1.82) is 0 Å². The molecule has 0 saturated carbocycles. The number of halogens is 6. The lowest BCUT2D eigenvalue weighted by atomic mass is 10.1. The molecule has 1 rings (SSSR count). The monoisotopic (exact) mass is 341 g/mol. The molecule has 0 aromatic rings. The van der Waals surface area contributed by atoms with Crippen LogP contribution in [0.1, 0.15) is 39.0 Å². The van der Waals surface area contributed by atoms with Gasteiger partial charge in [0.1, 0.15) is 12.2 Å². The predicted molar refractivity (Wildman–Crippen MR) is 64.9 cm³/mol. The first-order chi connectivity index (χ1) is 9.58. The molecule has 0 radical (unpaired) electrons. The molecule has 126 valence electrons. The van der Waals surface area contributed by atoms with E-state index in [1.807, 2.05) is 0 Å². The van der Waals surface area contributed by atoms with Crippen LogP contribution < -0.4 is 0 Å². The number of hydrogen-bond acceptors (Lipinski definition) is 4. The molecule has 0 amide bonds. The quantitative estimate of drug-likeness (QED) is 0.230. The normalized spacial score (nSPS) is 20.1. The molecule has 1 aliphatic rings. The summed E-state index contributed by atoms with van der Waals surface area (Å²) in [4.78, 5) is 3.25. The lowest BCUT2D eigenvalue weighted by molar-refractivity contribution is -0.470. The molecule has 21 heavy (non-hydrogen) atoms. The standard InChI is InChI=1S/C11H17F6NO2S/c1-9(12,13)10(14,15)11(16,17)19-20-21-18-7-5-3-2-4-6-8-18/h2-8H2,1H3. The fourth-order valence-electron chi connectivity index (χ4n) is 1.70. The third-order valence-corrected chi connectivity index (χ3v) is 3.71. The van der Waals surface area contributed by atoms with Gasteiger partial charge in [0, 0.05) is 20.0 Å². The summed E-state index contributed by atoms with van der Waals surface area (Å²) in [5, 5.41) is 0. The number of rotatable bonds is 6. The Hall–Kier alpha value is -0.190. The zero-order valence-electron chi connectivity index (χ0n) is 11.4. The molecule has 1 aliphatic heterocycles. The maximum atomic E-state index is 13.0. The molecule has 0 spiro atoms.